The fourth-order valence-electron chi connectivity index (χ4n) is 3.17. The van der Waals surface area contributed by atoms with Crippen LogP contribution in [0, 0.1) is 5.41 Å². The molecule has 4 heteroatoms. The van der Waals surface area contributed by atoms with Crippen molar-refractivity contribution in [2.45, 2.75) is 57.8 Å². The lowest BCUT2D eigenvalue weighted by Crippen LogP contribution is -2.32. The Hall–Kier alpha value is -1.32. The number of hydrogen-bond donors (Lipinski definition) is 1. The van der Waals surface area contributed by atoms with Crippen LogP contribution in [0.4, 0.5) is 0 Å². The summed E-state index contributed by atoms with van der Waals surface area (Å²) in [6, 6.07) is 1.98. The number of carboxylic acids is 1. The van der Waals surface area contributed by atoms with Gasteiger partial charge in [-0.1, -0.05) is 32.1 Å². The Balaban J connectivity index is 2.05. The first-order chi connectivity index (χ1) is 9.14. The zero-order valence-corrected chi connectivity index (χ0v) is 11.8. The Morgan fingerprint density at radius 1 is 1.32 bits per heavy atom. The predicted octanol–water partition coefficient (Wildman–Crippen LogP) is 3.17. The van der Waals surface area contributed by atoms with E-state index in [1.165, 1.54) is 19.3 Å². The highest BCUT2D eigenvalue weighted by atomic mass is 16.4. The number of hydrogen-bond acceptors (Lipinski definition) is 2. The molecular formula is C15H24N2O2. The van der Waals surface area contributed by atoms with E-state index in [4.69, 9.17) is 0 Å². The van der Waals surface area contributed by atoms with Crippen LogP contribution in [0.1, 0.15) is 57.1 Å². The van der Waals surface area contributed by atoms with Crippen LogP contribution < -0.4 is 0 Å². The van der Waals surface area contributed by atoms with E-state index in [0.29, 0.717) is 0 Å². The summed E-state index contributed by atoms with van der Waals surface area (Å²) in [7, 11) is 1.92. The largest absolute Gasteiger partial charge is 0.481 e. The molecule has 1 saturated carbocycles. The first-order valence-electron chi connectivity index (χ1n) is 7.34. The van der Waals surface area contributed by atoms with E-state index in [1.807, 2.05) is 17.8 Å². The maximum atomic E-state index is 11.8. The number of aryl methyl sites for hydroxylation is 2. The van der Waals surface area contributed by atoms with Gasteiger partial charge in [0.05, 0.1) is 5.41 Å². The van der Waals surface area contributed by atoms with Crippen molar-refractivity contribution >= 4 is 5.97 Å². The van der Waals surface area contributed by atoms with Crippen molar-refractivity contribution in [2.75, 3.05) is 0 Å². The average Bonchev–Trinajstić information content (AvgIpc) is 2.74. The average molecular weight is 264 g/mol. The summed E-state index contributed by atoms with van der Waals surface area (Å²) in [5, 5.41) is 13.8. The molecule has 0 atom stereocenters. The van der Waals surface area contributed by atoms with Gasteiger partial charge in [-0.2, -0.15) is 5.10 Å². The van der Waals surface area contributed by atoms with Crippen LogP contribution in [0.5, 0.6) is 0 Å². The zero-order valence-electron chi connectivity index (χ0n) is 11.8. The number of carboxylic acid groups (broad SMARTS) is 1. The van der Waals surface area contributed by atoms with Crippen LogP contribution in [0.2, 0.25) is 0 Å². The summed E-state index contributed by atoms with van der Waals surface area (Å²) in [6.45, 7) is 0. The van der Waals surface area contributed by atoms with Crippen molar-refractivity contribution in [2.24, 2.45) is 12.5 Å². The molecule has 0 aliphatic heterocycles. The summed E-state index contributed by atoms with van der Waals surface area (Å²) in [5.41, 5.74) is 0.618. The molecule has 1 aromatic heterocycles. The third-order valence-electron chi connectivity index (χ3n) is 4.55. The normalized spacial score (nSPS) is 19.6. The van der Waals surface area contributed by atoms with E-state index in [-0.39, 0.29) is 0 Å². The Morgan fingerprint density at radius 2 is 1.95 bits per heavy atom. The second-order valence-corrected chi connectivity index (χ2v) is 5.80. The molecule has 0 amide bonds. The molecule has 0 bridgehead atoms. The minimum Gasteiger partial charge on any atom is -0.481 e. The summed E-state index contributed by atoms with van der Waals surface area (Å²) >= 11 is 0. The van der Waals surface area contributed by atoms with E-state index < -0.39 is 11.4 Å². The predicted molar refractivity (Wildman–Crippen MR) is 73.9 cm³/mol. The minimum atomic E-state index is -0.600. The molecule has 1 aliphatic carbocycles. The van der Waals surface area contributed by atoms with Gasteiger partial charge in [0.25, 0.3) is 0 Å². The zero-order chi connectivity index (χ0) is 13.7. The molecule has 0 saturated heterocycles. The van der Waals surface area contributed by atoms with E-state index >= 15 is 0 Å². The highest BCUT2D eigenvalue weighted by Gasteiger charge is 2.37. The number of aromatic nitrogens is 2. The van der Waals surface area contributed by atoms with Crippen LogP contribution >= 0.6 is 0 Å². The topological polar surface area (TPSA) is 55.1 Å². The monoisotopic (exact) mass is 264 g/mol. The molecule has 1 N–H and O–H groups in total. The SMILES string of the molecule is Cn1nccc1CCC1(C(=O)O)CCCCCCC1. The Bertz CT molecular complexity index is 418. The molecule has 106 valence electrons. The van der Waals surface area contributed by atoms with Gasteiger partial charge in [-0.25, -0.2) is 0 Å². The maximum absolute atomic E-state index is 11.8. The van der Waals surface area contributed by atoms with Gasteiger partial charge in [-0.3, -0.25) is 9.48 Å². The highest BCUT2D eigenvalue weighted by molar-refractivity contribution is 5.74. The minimum absolute atomic E-state index is 0.509. The van der Waals surface area contributed by atoms with Crippen molar-refractivity contribution in [3.63, 3.8) is 0 Å². The number of nitrogens with zero attached hydrogens (tertiary/aromatic N) is 2. The standard InChI is InChI=1S/C15H24N2O2/c1-17-13(8-12-16-17)7-11-15(14(18)19)9-5-3-2-4-6-10-15/h8,12H,2-7,9-11H2,1H3,(H,18,19). The van der Waals surface area contributed by atoms with Gasteiger partial charge in [-0.05, 0) is 31.7 Å². The van der Waals surface area contributed by atoms with E-state index in [0.717, 1.165) is 44.2 Å². The molecule has 0 unspecified atom stereocenters. The van der Waals surface area contributed by atoms with Crippen molar-refractivity contribution in [3.8, 4) is 0 Å². The molecule has 1 heterocycles. The smallest absolute Gasteiger partial charge is 0.309 e. The number of aliphatic carboxylic acids is 1. The Morgan fingerprint density at radius 3 is 2.47 bits per heavy atom. The van der Waals surface area contributed by atoms with Crippen molar-refractivity contribution in [1.82, 2.24) is 9.78 Å². The van der Waals surface area contributed by atoms with Gasteiger partial charge >= 0.3 is 5.97 Å². The number of rotatable bonds is 4. The van der Waals surface area contributed by atoms with E-state index in [2.05, 4.69) is 5.10 Å². The fraction of sp³-hybridized carbons (Fsp3) is 0.733. The van der Waals surface area contributed by atoms with Gasteiger partial charge in [0.2, 0.25) is 0 Å². The lowest BCUT2D eigenvalue weighted by molar-refractivity contribution is -0.150. The van der Waals surface area contributed by atoms with Crippen molar-refractivity contribution in [3.05, 3.63) is 18.0 Å². The Kier molecular flexibility index (Phi) is 4.61. The molecular weight excluding hydrogens is 240 g/mol. The molecule has 1 aromatic rings. The third kappa shape index (κ3) is 3.37. The summed E-state index contributed by atoms with van der Waals surface area (Å²) in [5.74, 6) is -0.600. The lowest BCUT2D eigenvalue weighted by Gasteiger charge is -2.31. The lowest BCUT2D eigenvalue weighted by atomic mass is 9.73. The van der Waals surface area contributed by atoms with Crippen LogP contribution in [0.15, 0.2) is 12.3 Å². The number of carbonyl (C=O) groups is 1. The molecule has 2 rings (SSSR count). The third-order valence-corrected chi connectivity index (χ3v) is 4.55. The molecule has 0 spiro atoms. The van der Waals surface area contributed by atoms with Gasteiger partial charge in [0.15, 0.2) is 0 Å². The van der Waals surface area contributed by atoms with Gasteiger partial charge in [0, 0.05) is 18.9 Å². The first kappa shape index (κ1) is 14.1. The van der Waals surface area contributed by atoms with Gasteiger partial charge in [-0.15, -0.1) is 0 Å². The van der Waals surface area contributed by atoms with Gasteiger partial charge in [0.1, 0.15) is 0 Å². The molecule has 1 fully saturated rings. The summed E-state index contributed by atoms with van der Waals surface area (Å²) in [4.78, 5) is 11.8. The van der Waals surface area contributed by atoms with Crippen molar-refractivity contribution < 1.29 is 9.90 Å². The quantitative estimate of drug-likeness (QED) is 0.908. The molecule has 0 aromatic carbocycles. The second-order valence-electron chi connectivity index (χ2n) is 5.80. The first-order valence-corrected chi connectivity index (χ1v) is 7.34. The van der Waals surface area contributed by atoms with Gasteiger partial charge < -0.3 is 5.11 Å². The van der Waals surface area contributed by atoms with E-state index in [9.17, 15) is 9.90 Å². The van der Waals surface area contributed by atoms with Crippen LogP contribution in [0.25, 0.3) is 0 Å². The van der Waals surface area contributed by atoms with Crippen LogP contribution in [0.3, 0.4) is 0 Å². The molecule has 19 heavy (non-hydrogen) atoms. The molecule has 0 radical (unpaired) electrons. The summed E-state index contributed by atoms with van der Waals surface area (Å²) < 4.78 is 1.85. The van der Waals surface area contributed by atoms with E-state index in [1.54, 1.807) is 6.20 Å². The summed E-state index contributed by atoms with van der Waals surface area (Å²) in [6.07, 6.45) is 10.7. The molecule has 4 nitrogen and oxygen atoms in total. The maximum Gasteiger partial charge on any atom is 0.309 e. The van der Waals surface area contributed by atoms with Crippen LogP contribution in [-0.2, 0) is 18.3 Å². The van der Waals surface area contributed by atoms with Crippen LogP contribution in [-0.4, -0.2) is 20.9 Å². The van der Waals surface area contributed by atoms with Crippen molar-refractivity contribution in [1.29, 1.82) is 0 Å². The fourth-order valence-corrected chi connectivity index (χ4v) is 3.17. The molecule has 1 aliphatic rings. The second kappa shape index (κ2) is 6.22. The Labute approximate surface area is 114 Å². The highest BCUT2D eigenvalue weighted by Crippen LogP contribution is 2.38.